The minimum Gasteiger partial charge on any atom is -0.494 e. The fraction of sp³-hybridized carbons (Fsp3) is 0.583. The van der Waals surface area contributed by atoms with Gasteiger partial charge < -0.3 is 15.6 Å². The first-order chi connectivity index (χ1) is 14.5. The number of nitrogens with two attached hydrogens (primary N) is 1. The van der Waals surface area contributed by atoms with Gasteiger partial charge in [0, 0.05) is 38.0 Å². The van der Waals surface area contributed by atoms with Crippen molar-refractivity contribution in [1.82, 2.24) is 0 Å². The maximum Gasteiger partial charge on any atom is 0.225 e. The molecule has 2 aromatic rings. The third-order valence-corrected chi connectivity index (χ3v) is 6.25. The van der Waals surface area contributed by atoms with Crippen LogP contribution in [0.25, 0.3) is 0 Å². The van der Waals surface area contributed by atoms with Crippen LogP contribution in [0.4, 0.5) is 0 Å². The summed E-state index contributed by atoms with van der Waals surface area (Å²) in [6.45, 7) is 8.26. The van der Waals surface area contributed by atoms with Gasteiger partial charge in [-0.05, 0) is 51.0 Å². The van der Waals surface area contributed by atoms with E-state index < -0.39 is 0 Å². The SMILES string of the molecule is Cc1c(CCO)sc[n+]1CCCCCCCCOc1ccc(C(N)=NC(C)C)cc1. The second kappa shape index (κ2) is 13.4. The zero-order chi connectivity index (χ0) is 21.8. The smallest absolute Gasteiger partial charge is 0.225 e. The van der Waals surface area contributed by atoms with Gasteiger partial charge in [-0.2, -0.15) is 4.57 Å². The Morgan fingerprint density at radius 1 is 1.10 bits per heavy atom. The number of unbranched alkanes of at least 4 members (excludes halogenated alkanes) is 5. The molecule has 5 nitrogen and oxygen atoms in total. The van der Waals surface area contributed by atoms with Crippen LogP contribution in [0.3, 0.4) is 0 Å². The number of rotatable bonds is 14. The normalized spacial score (nSPS) is 12.0. The Morgan fingerprint density at radius 3 is 2.43 bits per heavy atom. The molecule has 30 heavy (non-hydrogen) atoms. The Balaban J connectivity index is 1.53. The largest absolute Gasteiger partial charge is 0.494 e. The molecule has 0 aliphatic rings. The van der Waals surface area contributed by atoms with E-state index in [-0.39, 0.29) is 12.6 Å². The van der Waals surface area contributed by atoms with E-state index in [4.69, 9.17) is 15.6 Å². The Morgan fingerprint density at radius 2 is 1.77 bits per heavy atom. The van der Waals surface area contributed by atoms with Crippen LogP contribution in [-0.2, 0) is 13.0 Å². The number of aliphatic imine (C=N–C) groups is 1. The van der Waals surface area contributed by atoms with Crippen LogP contribution < -0.4 is 15.0 Å². The van der Waals surface area contributed by atoms with E-state index in [2.05, 4.69) is 22.0 Å². The maximum atomic E-state index is 9.09. The number of amidine groups is 1. The predicted molar refractivity (Wildman–Crippen MR) is 126 cm³/mol. The number of aliphatic hydroxyl groups excluding tert-OH is 1. The minimum atomic E-state index is 0.198. The molecule has 2 rings (SSSR count). The summed E-state index contributed by atoms with van der Waals surface area (Å²) in [5.41, 5.74) is 10.4. The van der Waals surface area contributed by atoms with Crippen LogP contribution in [-0.4, -0.2) is 30.2 Å². The molecule has 1 aromatic heterocycles. The first kappa shape index (κ1) is 24.4. The summed E-state index contributed by atoms with van der Waals surface area (Å²) in [5.74, 6) is 1.47. The topological polar surface area (TPSA) is 71.7 Å². The van der Waals surface area contributed by atoms with Gasteiger partial charge in [-0.3, -0.25) is 4.99 Å². The highest BCUT2D eigenvalue weighted by molar-refractivity contribution is 7.09. The Kier molecular flexibility index (Phi) is 10.9. The molecule has 0 fully saturated rings. The van der Waals surface area contributed by atoms with E-state index in [1.165, 1.54) is 42.7 Å². The first-order valence-corrected chi connectivity index (χ1v) is 12.0. The number of benzene rings is 1. The predicted octanol–water partition coefficient (Wildman–Crippen LogP) is 4.41. The third kappa shape index (κ3) is 8.44. The fourth-order valence-corrected chi connectivity index (χ4v) is 4.38. The van der Waals surface area contributed by atoms with Crippen LogP contribution in [0.15, 0.2) is 34.8 Å². The molecule has 0 atom stereocenters. The van der Waals surface area contributed by atoms with Crippen molar-refractivity contribution in [3.05, 3.63) is 45.9 Å². The molecule has 0 bridgehead atoms. The lowest BCUT2D eigenvalue weighted by Crippen LogP contribution is -2.34. The lowest BCUT2D eigenvalue weighted by atomic mass is 10.1. The zero-order valence-electron chi connectivity index (χ0n) is 18.8. The molecule has 0 spiro atoms. The van der Waals surface area contributed by atoms with E-state index in [0.717, 1.165) is 37.3 Å². The van der Waals surface area contributed by atoms with Crippen molar-refractivity contribution in [3.63, 3.8) is 0 Å². The number of nitrogens with zero attached hydrogens (tertiary/aromatic N) is 2. The average Bonchev–Trinajstić information content (AvgIpc) is 3.06. The highest BCUT2D eigenvalue weighted by Crippen LogP contribution is 2.14. The summed E-state index contributed by atoms with van der Waals surface area (Å²) in [4.78, 5) is 5.67. The van der Waals surface area contributed by atoms with Crippen molar-refractivity contribution in [2.75, 3.05) is 13.2 Å². The second-order valence-corrected chi connectivity index (χ2v) is 8.94. The molecule has 0 aliphatic carbocycles. The number of aryl methyl sites for hydroxylation is 1. The van der Waals surface area contributed by atoms with Crippen LogP contribution in [0.1, 0.15) is 68.5 Å². The maximum absolute atomic E-state index is 9.09. The molecular formula is C24H38N3O2S+. The van der Waals surface area contributed by atoms with Gasteiger partial charge in [0.05, 0.1) is 11.5 Å². The number of hydrogen-bond acceptors (Lipinski definition) is 4. The second-order valence-electron chi connectivity index (χ2n) is 8.00. The van der Waals surface area contributed by atoms with E-state index in [1.54, 1.807) is 11.3 Å². The fourth-order valence-electron chi connectivity index (χ4n) is 3.37. The quantitative estimate of drug-likeness (QED) is 0.201. The molecular weight excluding hydrogens is 394 g/mol. The van der Waals surface area contributed by atoms with Gasteiger partial charge in [-0.15, -0.1) is 0 Å². The van der Waals surface area contributed by atoms with Gasteiger partial charge in [0.1, 0.15) is 18.1 Å². The van der Waals surface area contributed by atoms with E-state index in [1.807, 2.05) is 38.1 Å². The molecule has 0 saturated heterocycles. The monoisotopic (exact) mass is 432 g/mol. The Labute approximate surface area is 185 Å². The number of aliphatic hydroxyl groups is 1. The van der Waals surface area contributed by atoms with E-state index in [9.17, 15) is 0 Å². The van der Waals surface area contributed by atoms with Gasteiger partial charge in [-0.1, -0.05) is 30.6 Å². The van der Waals surface area contributed by atoms with Crippen molar-refractivity contribution in [1.29, 1.82) is 0 Å². The van der Waals surface area contributed by atoms with Crippen molar-refractivity contribution in [2.24, 2.45) is 10.7 Å². The van der Waals surface area contributed by atoms with E-state index in [0.29, 0.717) is 5.84 Å². The highest BCUT2D eigenvalue weighted by atomic mass is 32.1. The molecule has 1 heterocycles. The summed E-state index contributed by atoms with van der Waals surface area (Å²) >= 11 is 1.76. The number of thiazole rings is 1. The molecule has 0 saturated carbocycles. The molecule has 6 heteroatoms. The lowest BCUT2D eigenvalue weighted by Gasteiger charge is -2.08. The summed E-state index contributed by atoms with van der Waals surface area (Å²) in [5, 5.41) is 9.09. The van der Waals surface area contributed by atoms with Crippen molar-refractivity contribution in [2.45, 2.75) is 78.3 Å². The minimum absolute atomic E-state index is 0.198. The van der Waals surface area contributed by atoms with Gasteiger partial charge in [0.25, 0.3) is 0 Å². The third-order valence-electron chi connectivity index (χ3n) is 5.10. The summed E-state index contributed by atoms with van der Waals surface area (Å²) < 4.78 is 8.17. The molecule has 1 aromatic carbocycles. The summed E-state index contributed by atoms with van der Waals surface area (Å²) in [6, 6.07) is 8.07. The van der Waals surface area contributed by atoms with Gasteiger partial charge >= 0.3 is 0 Å². The summed E-state index contributed by atoms with van der Waals surface area (Å²) in [7, 11) is 0. The molecule has 0 unspecified atom stereocenters. The lowest BCUT2D eigenvalue weighted by molar-refractivity contribution is -0.698. The number of ether oxygens (including phenoxy) is 1. The standard InChI is InChI=1S/C24H38N3O2S/c1-19(2)26-24(25)21-10-12-22(13-11-21)29-17-9-7-5-4-6-8-15-27-18-30-23(14-16-28)20(27)3/h10-13,18-19,28H,4-9,14-17H2,1-3H3,(H2,25,26)/q+1. The van der Waals surface area contributed by atoms with Gasteiger partial charge in [0.2, 0.25) is 5.51 Å². The Bertz CT molecular complexity index is 769. The van der Waals surface area contributed by atoms with Crippen molar-refractivity contribution in [3.8, 4) is 5.75 Å². The van der Waals surface area contributed by atoms with Crippen LogP contribution in [0.2, 0.25) is 0 Å². The van der Waals surface area contributed by atoms with Crippen LogP contribution >= 0.6 is 11.3 Å². The Hall–Kier alpha value is -1.92. The molecule has 0 amide bonds. The molecule has 0 aliphatic heterocycles. The van der Waals surface area contributed by atoms with Crippen LogP contribution in [0.5, 0.6) is 5.75 Å². The van der Waals surface area contributed by atoms with Crippen molar-refractivity contribution < 1.29 is 14.4 Å². The molecule has 3 N–H and O–H groups in total. The highest BCUT2D eigenvalue weighted by Gasteiger charge is 2.13. The van der Waals surface area contributed by atoms with Crippen LogP contribution in [0, 0.1) is 6.92 Å². The van der Waals surface area contributed by atoms with Crippen molar-refractivity contribution >= 4 is 17.2 Å². The van der Waals surface area contributed by atoms with Gasteiger partial charge in [-0.25, -0.2) is 0 Å². The number of aromatic nitrogens is 1. The zero-order valence-corrected chi connectivity index (χ0v) is 19.6. The van der Waals surface area contributed by atoms with Gasteiger partial charge in [0.15, 0.2) is 5.69 Å². The average molecular weight is 433 g/mol. The number of hydrogen-bond donors (Lipinski definition) is 2. The summed E-state index contributed by atoms with van der Waals surface area (Å²) in [6.07, 6.45) is 8.07. The molecule has 166 valence electrons. The molecule has 0 radical (unpaired) electrons. The van der Waals surface area contributed by atoms with E-state index >= 15 is 0 Å². The first-order valence-electron chi connectivity index (χ1n) is 11.1.